The molecule has 118 valence electrons. The number of nitrogens with one attached hydrogen (secondary N) is 1. The molecule has 0 saturated heterocycles. The number of primary sulfonamides is 1. The average Bonchev–Trinajstić information content (AvgIpc) is 2.24. The first-order valence-electron chi connectivity index (χ1n) is 5.96. The minimum atomic E-state index is -4.05. The van der Waals surface area contributed by atoms with Gasteiger partial charge in [0, 0.05) is 28.9 Å². The number of aryl methyl sites for hydroxylation is 1. The number of halogens is 1. The van der Waals surface area contributed by atoms with Crippen molar-refractivity contribution in [2.75, 3.05) is 12.0 Å². The summed E-state index contributed by atoms with van der Waals surface area (Å²) >= 11 is 0. The van der Waals surface area contributed by atoms with E-state index in [9.17, 15) is 21.8 Å². The van der Waals surface area contributed by atoms with Crippen LogP contribution in [-0.2, 0) is 20.8 Å². The molecule has 0 aliphatic heterocycles. The second-order valence-corrected chi connectivity index (χ2v) is 7.77. The van der Waals surface area contributed by atoms with Crippen LogP contribution >= 0.6 is 0 Å². The zero-order valence-electron chi connectivity index (χ0n) is 11.8. The van der Waals surface area contributed by atoms with Gasteiger partial charge < -0.3 is 5.32 Å². The van der Waals surface area contributed by atoms with Gasteiger partial charge in [0.15, 0.2) is 0 Å². The van der Waals surface area contributed by atoms with Crippen molar-refractivity contribution in [2.45, 2.75) is 24.8 Å². The first-order chi connectivity index (χ1) is 9.52. The van der Waals surface area contributed by atoms with Crippen molar-refractivity contribution in [1.29, 1.82) is 0 Å². The van der Waals surface area contributed by atoms with Crippen LogP contribution in [0.3, 0.4) is 0 Å². The molecule has 0 spiro atoms. The minimum absolute atomic E-state index is 0.120. The molecule has 0 aliphatic carbocycles. The van der Waals surface area contributed by atoms with E-state index < -0.39 is 44.2 Å². The Hall–Kier alpha value is -1.32. The van der Waals surface area contributed by atoms with Gasteiger partial charge in [0.1, 0.15) is 5.82 Å². The van der Waals surface area contributed by atoms with E-state index in [1.165, 1.54) is 13.2 Å². The molecule has 1 rings (SSSR count). The molecule has 2 atom stereocenters. The summed E-state index contributed by atoms with van der Waals surface area (Å²) in [5.41, 5.74) is -0.298. The van der Waals surface area contributed by atoms with E-state index in [1.807, 2.05) is 0 Å². The highest BCUT2D eigenvalue weighted by atomic mass is 32.2. The maximum absolute atomic E-state index is 13.8. The second-order valence-electron chi connectivity index (χ2n) is 4.76. The first kappa shape index (κ1) is 17.7. The largest absolute Gasteiger partial charge is 0.349 e. The third-order valence-electron chi connectivity index (χ3n) is 2.68. The molecule has 1 aromatic carbocycles. The van der Waals surface area contributed by atoms with E-state index in [2.05, 4.69) is 5.32 Å². The number of rotatable bonds is 5. The molecule has 0 heterocycles. The first-order valence-corrected chi connectivity index (χ1v) is 9.23. The van der Waals surface area contributed by atoms with Crippen molar-refractivity contribution in [2.24, 2.45) is 5.14 Å². The molecular formula is C12H17FN2O4S2. The Balaban J connectivity index is 3.13. The van der Waals surface area contributed by atoms with Gasteiger partial charge in [-0.25, -0.2) is 17.9 Å². The van der Waals surface area contributed by atoms with Crippen LogP contribution in [0.2, 0.25) is 0 Å². The maximum Gasteiger partial charge on any atom is 0.254 e. The summed E-state index contributed by atoms with van der Waals surface area (Å²) in [6.07, 6.45) is 1.48. The Morgan fingerprint density at radius 1 is 1.48 bits per heavy atom. The van der Waals surface area contributed by atoms with Gasteiger partial charge in [-0.05, 0) is 31.5 Å². The summed E-state index contributed by atoms with van der Waals surface area (Å²) in [4.78, 5) is 11.7. The molecule has 0 aromatic heterocycles. The summed E-state index contributed by atoms with van der Waals surface area (Å²) in [7, 11) is -5.17. The summed E-state index contributed by atoms with van der Waals surface area (Å²) in [6.45, 7) is 3.00. The fourth-order valence-corrected chi connectivity index (χ4v) is 3.41. The number of carbonyl (C=O) groups is 1. The molecule has 2 unspecified atom stereocenters. The maximum atomic E-state index is 13.8. The summed E-state index contributed by atoms with van der Waals surface area (Å²) in [5, 5.41) is 7.48. The van der Waals surface area contributed by atoms with Crippen LogP contribution in [-0.4, -0.2) is 36.6 Å². The van der Waals surface area contributed by atoms with Crippen molar-refractivity contribution in [1.82, 2.24) is 5.32 Å². The molecule has 21 heavy (non-hydrogen) atoms. The van der Waals surface area contributed by atoms with Gasteiger partial charge in [-0.3, -0.25) is 9.00 Å². The Labute approximate surface area is 125 Å². The summed E-state index contributed by atoms with van der Waals surface area (Å²) in [6, 6.07) is 1.41. The van der Waals surface area contributed by atoms with Crippen LogP contribution in [0, 0.1) is 12.7 Å². The molecule has 9 heteroatoms. The smallest absolute Gasteiger partial charge is 0.254 e. The molecule has 0 fully saturated rings. The number of hydrogen-bond donors (Lipinski definition) is 2. The summed E-state index contributed by atoms with van der Waals surface area (Å²) < 4.78 is 47.7. The number of benzene rings is 1. The predicted octanol–water partition coefficient (Wildman–Crippen LogP) is 0.278. The van der Waals surface area contributed by atoms with E-state index in [4.69, 9.17) is 5.14 Å². The zero-order chi connectivity index (χ0) is 16.4. The lowest BCUT2D eigenvalue weighted by Crippen LogP contribution is -2.36. The number of nitrogens with two attached hydrogens (primary N) is 1. The quantitative estimate of drug-likeness (QED) is 0.805. The number of sulfonamides is 1. The highest BCUT2D eigenvalue weighted by Crippen LogP contribution is 2.19. The van der Waals surface area contributed by atoms with Gasteiger partial charge >= 0.3 is 0 Å². The van der Waals surface area contributed by atoms with Gasteiger partial charge in [-0.2, -0.15) is 0 Å². The molecule has 6 nitrogen and oxygen atoms in total. The number of carbonyl (C=O) groups excluding carboxylic acids is 1. The Morgan fingerprint density at radius 3 is 2.52 bits per heavy atom. The molecule has 0 radical (unpaired) electrons. The Morgan fingerprint density at radius 2 is 2.05 bits per heavy atom. The van der Waals surface area contributed by atoms with Gasteiger partial charge in [-0.1, -0.05) is 0 Å². The van der Waals surface area contributed by atoms with Crippen molar-refractivity contribution in [3.8, 4) is 0 Å². The van der Waals surface area contributed by atoms with Gasteiger partial charge in [0.05, 0.1) is 10.5 Å². The monoisotopic (exact) mass is 336 g/mol. The van der Waals surface area contributed by atoms with Crippen LogP contribution in [0.25, 0.3) is 0 Å². The van der Waals surface area contributed by atoms with Crippen molar-refractivity contribution in [3.05, 3.63) is 29.1 Å². The highest BCUT2D eigenvalue weighted by molar-refractivity contribution is 7.89. The standard InChI is InChI=1S/C12H17FN2O4S2/c1-7-4-10(13)9(5-11(7)21(14,18)19)12(16)15-8(2)6-20(3)17/h4-5,8H,6H2,1-3H3,(H,15,16)(H2,14,18,19). The zero-order valence-corrected chi connectivity index (χ0v) is 13.5. The SMILES string of the molecule is Cc1cc(F)c(C(=O)NC(C)CS(C)=O)cc1S(N)(=O)=O. The van der Waals surface area contributed by atoms with E-state index >= 15 is 0 Å². The lowest BCUT2D eigenvalue weighted by molar-refractivity contribution is 0.0939. The van der Waals surface area contributed by atoms with Crippen molar-refractivity contribution in [3.63, 3.8) is 0 Å². The van der Waals surface area contributed by atoms with Crippen molar-refractivity contribution >= 4 is 26.7 Å². The van der Waals surface area contributed by atoms with Crippen LogP contribution in [0.15, 0.2) is 17.0 Å². The van der Waals surface area contributed by atoms with Gasteiger partial charge in [-0.15, -0.1) is 0 Å². The topological polar surface area (TPSA) is 106 Å². The molecule has 1 amide bonds. The molecule has 3 N–H and O–H groups in total. The molecule has 0 aliphatic rings. The fourth-order valence-electron chi connectivity index (χ4n) is 1.83. The molecule has 0 saturated carbocycles. The van der Waals surface area contributed by atoms with E-state index in [-0.39, 0.29) is 16.2 Å². The normalized spacial score (nSPS) is 14.5. The Bertz CT molecular complexity index is 689. The highest BCUT2D eigenvalue weighted by Gasteiger charge is 2.20. The van der Waals surface area contributed by atoms with Crippen molar-refractivity contribution < 1.29 is 21.8 Å². The molecule has 0 bridgehead atoms. The second kappa shape index (κ2) is 6.63. The molecular weight excluding hydrogens is 319 g/mol. The average molecular weight is 336 g/mol. The molecule has 1 aromatic rings. The van der Waals surface area contributed by atoms with E-state index in [1.54, 1.807) is 6.92 Å². The lowest BCUT2D eigenvalue weighted by Gasteiger charge is -2.14. The minimum Gasteiger partial charge on any atom is -0.349 e. The number of amides is 1. The van der Waals surface area contributed by atoms with E-state index in [0.29, 0.717) is 0 Å². The van der Waals surface area contributed by atoms with Crippen LogP contribution in [0.4, 0.5) is 4.39 Å². The predicted molar refractivity (Wildman–Crippen MR) is 78.4 cm³/mol. The van der Waals surface area contributed by atoms with Crippen LogP contribution < -0.4 is 10.5 Å². The third kappa shape index (κ3) is 4.87. The fraction of sp³-hybridized carbons (Fsp3) is 0.417. The summed E-state index contributed by atoms with van der Waals surface area (Å²) in [5.74, 6) is -1.42. The Kier molecular flexibility index (Phi) is 5.60. The van der Waals surface area contributed by atoms with Crippen LogP contribution in [0.5, 0.6) is 0 Å². The van der Waals surface area contributed by atoms with Gasteiger partial charge in [0.25, 0.3) is 5.91 Å². The third-order valence-corrected chi connectivity index (χ3v) is 4.70. The number of hydrogen-bond acceptors (Lipinski definition) is 4. The van der Waals surface area contributed by atoms with E-state index in [0.717, 1.165) is 12.1 Å². The van der Waals surface area contributed by atoms with Gasteiger partial charge in [0.2, 0.25) is 10.0 Å². The van der Waals surface area contributed by atoms with Crippen LogP contribution in [0.1, 0.15) is 22.8 Å². The lowest BCUT2D eigenvalue weighted by atomic mass is 10.1.